The molecule has 0 aliphatic heterocycles. The van der Waals surface area contributed by atoms with Crippen molar-refractivity contribution in [1.82, 2.24) is 0 Å². The minimum absolute atomic E-state index is 0.0572. The summed E-state index contributed by atoms with van der Waals surface area (Å²) in [4.78, 5) is 21.8. The molecule has 0 aliphatic carbocycles. The van der Waals surface area contributed by atoms with Crippen molar-refractivity contribution in [2.45, 2.75) is 5.60 Å². The van der Waals surface area contributed by atoms with E-state index in [1.807, 2.05) is 0 Å². The molecule has 1 atom stereocenters. The molecule has 1 unspecified atom stereocenters. The molecule has 0 aliphatic rings. The number of hydrogen-bond acceptors (Lipinski definition) is 4. The summed E-state index contributed by atoms with van der Waals surface area (Å²) in [5.41, 5.74) is -3.13. The van der Waals surface area contributed by atoms with Gasteiger partial charge in [-0.05, 0) is 11.6 Å². The first-order chi connectivity index (χ1) is 9.48. The van der Waals surface area contributed by atoms with Gasteiger partial charge in [0.15, 0.2) is 0 Å². The van der Waals surface area contributed by atoms with Crippen LogP contribution in [0.25, 0.3) is 0 Å². The molecule has 0 aromatic heterocycles. The fourth-order valence-electron chi connectivity index (χ4n) is 2.01. The molecule has 0 amide bonds. The molecule has 2 rings (SSSR count). The van der Waals surface area contributed by atoms with Gasteiger partial charge < -0.3 is 10.2 Å². The summed E-state index contributed by atoms with van der Waals surface area (Å²) in [5, 5.41) is 31.0. The summed E-state index contributed by atoms with van der Waals surface area (Å²) in [6.45, 7) is 0. The van der Waals surface area contributed by atoms with Crippen LogP contribution in [0.5, 0.6) is 0 Å². The van der Waals surface area contributed by atoms with E-state index in [-0.39, 0.29) is 11.1 Å². The molecule has 0 saturated heterocycles. The number of carboxylic acids is 1. The third-order valence-corrected chi connectivity index (χ3v) is 2.99. The second-order valence-electron chi connectivity index (χ2n) is 4.16. The van der Waals surface area contributed by atoms with Crippen LogP contribution in [0.4, 0.5) is 5.69 Å². The van der Waals surface area contributed by atoms with Gasteiger partial charge in [-0.1, -0.05) is 42.5 Å². The lowest BCUT2D eigenvalue weighted by Crippen LogP contribution is -2.37. The van der Waals surface area contributed by atoms with E-state index < -0.39 is 22.2 Å². The normalized spacial score (nSPS) is 13.4. The molecule has 20 heavy (non-hydrogen) atoms. The number of nitro benzene ring substituents is 1. The Balaban J connectivity index is 2.73. The number of aliphatic hydroxyl groups is 1. The number of carbonyl (C=O) groups is 1. The molecule has 0 saturated carbocycles. The molecule has 6 heteroatoms. The monoisotopic (exact) mass is 273 g/mol. The van der Waals surface area contributed by atoms with Crippen molar-refractivity contribution < 1.29 is 19.9 Å². The zero-order valence-electron chi connectivity index (χ0n) is 10.3. The van der Waals surface area contributed by atoms with Gasteiger partial charge in [0.25, 0.3) is 5.69 Å². The van der Waals surface area contributed by atoms with E-state index in [1.54, 1.807) is 18.2 Å². The van der Waals surface area contributed by atoms with E-state index in [4.69, 9.17) is 0 Å². The van der Waals surface area contributed by atoms with Gasteiger partial charge in [0.2, 0.25) is 5.60 Å². The Morgan fingerprint density at radius 2 is 1.60 bits per heavy atom. The molecule has 2 aromatic rings. The number of benzene rings is 2. The van der Waals surface area contributed by atoms with Crippen LogP contribution in [0.3, 0.4) is 0 Å². The molecule has 0 spiro atoms. The van der Waals surface area contributed by atoms with Crippen LogP contribution in [0.15, 0.2) is 54.6 Å². The SMILES string of the molecule is O=C(O)C(O)(c1ccccc1)c1ccccc1[N+](=O)[O-]. The third kappa shape index (κ3) is 2.12. The Hall–Kier alpha value is -2.73. The molecule has 2 aromatic carbocycles. The van der Waals surface area contributed by atoms with Gasteiger partial charge in [-0.25, -0.2) is 4.79 Å². The molecule has 0 fully saturated rings. The maximum atomic E-state index is 11.5. The van der Waals surface area contributed by atoms with Crippen molar-refractivity contribution in [3.63, 3.8) is 0 Å². The average Bonchev–Trinajstić information content (AvgIpc) is 2.47. The van der Waals surface area contributed by atoms with Crippen LogP contribution in [-0.4, -0.2) is 21.1 Å². The minimum Gasteiger partial charge on any atom is -0.479 e. The van der Waals surface area contributed by atoms with Crippen molar-refractivity contribution in [2.24, 2.45) is 0 Å². The Labute approximate surface area is 114 Å². The van der Waals surface area contributed by atoms with Gasteiger partial charge in [0, 0.05) is 6.07 Å². The van der Waals surface area contributed by atoms with Gasteiger partial charge in [0.1, 0.15) is 0 Å². The Bertz CT molecular complexity index is 656. The zero-order valence-corrected chi connectivity index (χ0v) is 10.3. The van der Waals surface area contributed by atoms with Crippen molar-refractivity contribution >= 4 is 11.7 Å². The molecule has 0 bridgehead atoms. The standard InChI is InChI=1S/C14H11NO5/c16-13(17)14(18,10-6-2-1-3-7-10)11-8-4-5-9-12(11)15(19)20/h1-9,18H,(H,16,17). The van der Waals surface area contributed by atoms with Crippen LogP contribution >= 0.6 is 0 Å². The minimum atomic E-state index is -2.47. The van der Waals surface area contributed by atoms with Crippen LogP contribution in [-0.2, 0) is 10.4 Å². The second kappa shape index (κ2) is 5.10. The van der Waals surface area contributed by atoms with E-state index in [9.17, 15) is 25.1 Å². The summed E-state index contributed by atoms with van der Waals surface area (Å²) >= 11 is 0. The average molecular weight is 273 g/mol. The molecular formula is C14H11NO5. The summed E-state index contributed by atoms with van der Waals surface area (Å²) in [6, 6.07) is 12.8. The number of nitrogens with zero attached hydrogens (tertiary/aromatic N) is 1. The molecule has 0 heterocycles. The van der Waals surface area contributed by atoms with Crippen molar-refractivity contribution in [3.8, 4) is 0 Å². The van der Waals surface area contributed by atoms with Gasteiger partial charge in [-0.15, -0.1) is 0 Å². The summed E-state index contributed by atoms with van der Waals surface area (Å²) in [7, 11) is 0. The van der Waals surface area contributed by atoms with Crippen LogP contribution in [0.2, 0.25) is 0 Å². The van der Waals surface area contributed by atoms with E-state index in [1.165, 1.54) is 30.3 Å². The first kappa shape index (κ1) is 13.7. The van der Waals surface area contributed by atoms with Crippen LogP contribution < -0.4 is 0 Å². The second-order valence-corrected chi connectivity index (χ2v) is 4.16. The van der Waals surface area contributed by atoms with Gasteiger partial charge >= 0.3 is 5.97 Å². The van der Waals surface area contributed by atoms with Gasteiger partial charge in [-0.2, -0.15) is 0 Å². The Morgan fingerprint density at radius 3 is 2.15 bits per heavy atom. The molecule has 2 N–H and O–H groups in total. The maximum absolute atomic E-state index is 11.5. The number of hydrogen-bond donors (Lipinski definition) is 2. The predicted molar refractivity (Wildman–Crippen MR) is 70.2 cm³/mol. The number of para-hydroxylation sites is 1. The predicted octanol–water partition coefficient (Wildman–Crippen LogP) is 1.92. The topological polar surface area (TPSA) is 101 Å². The molecule has 0 radical (unpaired) electrons. The van der Waals surface area contributed by atoms with Gasteiger partial charge in [-0.3, -0.25) is 10.1 Å². The van der Waals surface area contributed by atoms with Gasteiger partial charge in [0.05, 0.1) is 10.5 Å². The first-order valence-electron chi connectivity index (χ1n) is 5.73. The van der Waals surface area contributed by atoms with E-state index >= 15 is 0 Å². The molecule has 102 valence electrons. The number of carboxylic acid groups (broad SMARTS) is 1. The number of aliphatic carboxylic acids is 1. The fourth-order valence-corrected chi connectivity index (χ4v) is 2.01. The maximum Gasteiger partial charge on any atom is 0.345 e. The molecule has 6 nitrogen and oxygen atoms in total. The van der Waals surface area contributed by atoms with Crippen molar-refractivity contribution in [3.05, 3.63) is 75.8 Å². The summed E-state index contributed by atoms with van der Waals surface area (Å²) in [5.74, 6) is -1.57. The quantitative estimate of drug-likeness (QED) is 0.654. The highest BCUT2D eigenvalue weighted by atomic mass is 16.6. The summed E-state index contributed by atoms with van der Waals surface area (Å²) < 4.78 is 0. The highest BCUT2D eigenvalue weighted by Crippen LogP contribution is 2.35. The summed E-state index contributed by atoms with van der Waals surface area (Å²) in [6.07, 6.45) is 0. The largest absolute Gasteiger partial charge is 0.479 e. The third-order valence-electron chi connectivity index (χ3n) is 2.99. The Kier molecular flexibility index (Phi) is 3.49. The highest BCUT2D eigenvalue weighted by Gasteiger charge is 2.44. The highest BCUT2D eigenvalue weighted by molar-refractivity contribution is 5.85. The van der Waals surface area contributed by atoms with E-state index in [2.05, 4.69) is 0 Å². The number of rotatable bonds is 4. The van der Waals surface area contributed by atoms with Crippen molar-refractivity contribution in [2.75, 3.05) is 0 Å². The first-order valence-corrected chi connectivity index (χ1v) is 5.73. The Morgan fingerprint density at radius 1 is 1.05 bits per heavy atom. The fraction of sp³-hybridized carbons (Fsp3) is 0.0714. The zero-order chi connectivity index (χ0) is 14.8. The van der Waals surface area contributed by atoms with E-state index in [0.29, 0.717) is 0 Å². The van der Waals surface area contributed by atoms with Crippen molar-refractivity contribution in [1.29, 1.82) is 0 Å². The lowest BCUT2D eigenvalue weighted by molar-refractivity contribution is -0.386. The lowest BCUT2D eigenvalue weighted by Gasteiger charge is -2.24. The van der Waals surface area contributed by atoms with Crippen LogP contribution in [0, 0.1) is 10.1 Å². The number of nitro groups is 1. The van der Waals surface area contributed by atoms with E-state index in [0.717, 1.165) is 6.07 Å². The smallest absolute Gasteiger partial charge is 0.345 e. The lowest BCUT2D eigenvalue weighted by atomic mass is 9.85. The molecular weight excluding hydrogens is 262 g/mol. The van der Waals surface area contributed by atoms with Crippen LogP contribution in [0.1, 0.15) is 11.1 Å².